The molecule has 0 fully saturated rings. The fourth-order valence-corrected chi connectivity index (χ4v) is 7.15. The number of carbonyl (C=O) groups is 2. The summed E-state index contributed by atoms with van der Waals surface area (Å²) >= 11 is 0. The van der Waals surface area contributed by atoms with E-state index in [-0.39, 0.29) is 24.9 Å². The van der Waals surface area contributed by atoms with Gasteiger partial charge in [-0.25, -0.2) is 0 Å². The van der Waals surface area contributed by atoms with Crippen LogP contribution in [0.5, 0.6) is 0 Å². The summed E-state index contributed by atoms with van der Waals surface area (Å²) in [6.45, 7) is 6.32. The van der Waals surface area contributed by atoms with Crippen LogP contribution in [0.15, 0.2) is 60.8 Å². The maximum Gasteiger partial charge on any atom is 0.306 e. The summed E-state index contributed by atoms with van der Waals surface area (Å²) in [6, 6.07) is -0.718. The predicted molar refractivity (Wildman–Crippen MR) is 250 cm³/mol. The first-order valence-electron chi connectivity index (χ1n) is 24.5. The molecule has 0 spiro atoms. The van der Waals surface area contributed by atoms with E-state index in [1.54, 1.807) is 0 Å². The number of aliphatic hydroxyl groups excluding tert-OH is 2. The fourth-order valence-electron chi connectivity index (χ4n) is 7.15. The van der Waals surface area contributed by atoms with Crippen LogP contribution in [0.3, 0.4) is 0 Å². The largest absolute Gasteiger partial charge is 0.462 e. The van der Waals surface area contributed by atoms with Crippen molar-refractivity contribution in [3.63, 3.8) is 0 Å². The Morgan fingerprint density at radius 3 is 1.55 bits per heavy atom. The molecular weight excluding hydrogens is 719 g/mol. The number of nitrogens with one attached hydrogen (secondary N) is 1. The second-order valence-corrected chi connectivity index (χ2v) is 16.5. The van der Waals surface area contributed by atoms with Gasteiger partial charge in [0.2, 0.25) is 5.91 Å². The summed E-state index contributed by atoms with van der Waals surface area (Å²) in [6.07, 6.45) is 55.7. The molecule has 6 nitrogen and oxygen atoms in total. The van der Waals surface area contributed by atoms with Gasteiger partial charge in [0.05, 0.1) is 25.2 Å². The van der Waals surface area contributed by atoms with Gasteiger partial charge < -0.3 is 20.3 Å². The number of esters is 1. The topological polar surface area (TPSA) is 95.9 Å². The van der Waals surface area contributed by atoms with Gasteiger partial charge in [0, 0.05) is 6.42 Å². The minimum absolute atomic E-state index is 0.0378. The molecule has 0 heterocycles. The lowest BCUT2D eigenvalue weighted by molar-refractivity contribution is -0.151. The zero-order valence-electron chi connectivity index (χ0n) is 38.2. The van der Waals surface area contributed by atoms with Crippen LogP contribution in [0.2, 0.25) is 0 Å². The highest BCUT2D eigenvalue weighted by atomic mass is 16.5. The quantitative estimate of drug-likeness (QED) is 0.0247. The molecular formula is C52H93NO5. The minimum atomic E-state index is -0.801. The molecule has 3 unspecified atom stereocenters. The first-order chi connectivity index (χ1) is 28.5. The van der Waals surface area contributed by atoms with Crippen LogP contribution < -0.4 is 5.32 Å². The zero-order valence-corrected chi connectivity index (χ0v) is 38.2. The van der Waals surface area contributed by atoms with E-state index in [1.165, 1.54) is 103 Å². The molecule has 0 saturated heterocycles. The Kier molecular flexibility index (Phi) is 43.7. The van der Waals surface area contributed by atoms with E-state index in [1.807, 2.05) is 0 Å². The highest BCUT2D eigenvalue weighted by molar-refractivity contribution is 5.77. The van der Waals surface area contributed by atoms with Crippen LogP contribution in [-0.4, -0.2) is 46.9 Å². The first kappa shape index (κ1) is 55.6. The van der Waals surface area contributed by atoms with Crippen molar-refractivity contribution in [2.75, 3.05) is 6.61 Å². The van der Waals surface area contributed by atoms with E-state index in [2.05, 4.69) is 86.8 Å². The van der Waals surface area contributed by atoms with E-state index >= 15 is 0 Å². The van der Waals surface area contributed by atoms with Gasteiger partial charge in [0.25, 0.3) is 0 Å². The van der Waals surface area contributed by atoms with Gasteiger partial charge in [0.1, 0.15) is 6.10 Å². The Balaban J connectivity index is 4.67. The molecule has 1 amide bonds. The molecule has 0 aromatic carbocycles. The molecule has 0 aliphatic carbocycles. The highest BCUT2D eigenvalue weighted by Gasteiger charge is 2.24. The number of rotatable bonds is 43. The number of amides is 1. The van der Waals surface area contributed by atoms with Crippen LogP contribution in [0.4, 0.5) is 0 Å². The molecule has 3 atom stereocenters. The number of allylic oxidation sites excluding steroid dienone is 10. The molecule has 3 N–H and O–H groups in total. The third-order valence-corrected chi connectivity index (χ3v) is 10.9. The van der Waals surface area contributed by atoms with Crippen molar-refractivity contribution in [3.8, 4) is 0 Å². The molecule has 0 aliphatic heterocycles. The second-order valence-electron chi connectivity index (χ2n) is 16.5. The monoisotopic (exact) mass is 812 g/mol. The Labute approximate surface area is 358 Å². The predicted octanol–water partition coefficient (Wildman–Crippen LogP) is 14.5. The van der Waals surface area contributed by atoms with Crippen LogP contribution in [0.1, 0.15) is 233 Å². The summed E-state index contributed by atoms with van der Waals surface area (Å²) in [5, 5.41) is 23.6. The molecule has 0 radical (unpaired) electrons. The number of hydrogen-bond donors (Lipinski definition) is 3. The van der Waals surface area contributed by atoms with E-state index in [0.29, 0.717) is 19.3 Å². The number of ether oxygens (including phenoxy) is 1. The molecule has 0 aromatic heterocycles. The minimum Gasteiger partial charge on any atom is -0.462 e. The van der Waals surface area contributed by atoms with E-state index < -0.39 is 18.2 Å². The van der Waals surface area contributed by atoms with Crippen molar-refractivity contribution in [1.82, 2.24) is 5.32 Å². The van der Waals surface area contributed by atoms with Crippen molar-refractivity contribution in [3.05, 3.63) is 60.8 Å². The lowest BCUT2D eigenvalue weighted by Gasteiger charge is -2.24. The molecule has 336 valence electrons. The number of carbonyl (C=O) groups excluding carboxylic acids is 2. The van der Waals surface area contributed by atoms with Gasteiger partial charge in [-0.05, 0) is 77.0 Å². The van der Waals surface area contributed by atoms with Crippen molar-refractivity contribution in [2.24, 2.45) is 0 Å². The standard InChI is InChI=1S/C52H93NO5/c1-4-7-10-13-16-19-21-23-25-26-28-30-33-36-39-42-45-52(57)58-48(43-40-37-34-32-29-27-24-22-20-17-14-11-8-5-2)46-51(56)53-49(47-54)50(55)44-41-38-35-31-18-15-12-9-6-3/h7,10,16,19,23,25,27,29,32,34,48-50,54-55H,4-6,8-9,11-15,17-18,20-22,24,26,28,30-31,33,35-47H2,1-3H3,(H,53,56)/b10-7+,19-16+,25-23+,29-27+,34-32+. The van der Waals surface area contributed by atoms with E-state index in [0.717, 1.165) is 83.5 Å². The first-order valence-corrected chi connectivity index (χ1v) is 24.5. The Bertz CT molecular complexity index is 1050. The zero-order chi connectivity index (χ0) is 42.4. The Morgan fingerprint density at radius 2 is 1.00 bits per heavy atom. The summed E-state index contributed by atoms with van der Waals surface area (Å²) in [5.74, 6) is -0.538. The number of unbranched alkanes of at least 4 members (excludes halogenated alkanes) is 22. The van der Waals surface area contributed by atoms with Crippen LogP contribution in [-0.2, 0) is 14.3 Å². The van der Waals surface area contributed by atoms with Gasteiger partial charge in [-0.3, -0.25) is 9.59 Å². The Morgan fingerprint density at radius 1 is 0.534 bits per heavy atom. The van der Waals surface area contributed by atoms with Crippen molar-refractivity contribution in [1.29, 1.82) is 0 Å². The molecule has 0 saturated carbocycles. The average Bonchev–Trinajstić information content (AvgIpc) is 3.22. The lowest BCUT2D eigenvalue weighted by atomic mass is 10.0. The second kappa shape index (κ2) is 45.6. The Hall–Kier alpha value is -2.44. The molecule has 58 heavy (non-hydrogen) atoms. The molecule has 0 aliphatic rings. The van der Waals surface area contributed by atoms with Gasteiger partial charge in [-0.2, -0.15) is 0 Å². The van der Waals surface area contributed by atoms with Gasteiger partial charge in [-0.1, -0.05) is 204 Å². The number of aliphatic hydroxyl groups is 2. The third kappa shape index (κ3) is 40.3. The van der Waals surface area contributed by atoms with Crippen molar-refractivity contribution in [2.45, 2.75) is 251 Å². The maximum absolute atomic E-state index is 13.1. The summed E-state index contributed by atoms with van der Waals surface area (Å²) < 4.78 is 5.89. The van der Waals surface area contributed by atoms with Crippen molar-refractivity contribution < 1.29 is 24.5 Å². The van der Waals surface area contributed by atoms with Gasteiger partial charge >= 0.3 is 5.97 Å². The van der Waals surface area contributed by atoms with E-state index in [4.69, 9.17) is 4.74 Å². The van der Waals surface area contributed by atoms with Crippen LogP contribution >= 0.6 is 0 Å². The smallest absolute Gasteiger partial charge is 0.306 e. The van der Waals surface area contributed by atoms with Crippen molar-refractivity contribution >= 4 is 11.9 Å². The summed E-state index contributed by atoms with van der Waals surface area (Å²) in [5.41, 5.74) is 0. The van der Waals surface area contributed by atoms with Gasteiger partial charge in [-0.15, -0.1) is 0 Å². The molecule has 0 bridgehead atoms. The maximum atomic E-state index is 13.1. The molecule has 0 rings (SSSR count). The average molecular weight is 812 g/mol. The van der Waals surface area contributed by atoms with Crippen LogP contribution in [0.25, 0.3) is 0 Å². The third-order valence-electron chi connectivity index (χ3n) is 10.9. The van der Waals surface area contributed by atoms with Gasteiger partial charge in [0.15, 0.2) is 0 Å². The normalized spacial score (nSPS) is 13.8. The number of hydrogen-bond acceptors (Lipinski definition) is 5. The highest BCUT2D eigenvalue weighted by Crippen LogP contribution is 2.16. The molecule has 0 aromatic rings. The lowest BCUT2D eigenvalue weighted by Crippen LogP contribution is -2.46. The van der Waals surface area contributed by atoms with Crippen LogP contribution in [0, 0.1) is 0 Å². The molecule has 6 heteroatoms. The summed E-state index contributed by atoms with van der Waals surface area (Å²) in [7, 11) is 0. The fraction of sp³-hybridized carbons (Fsp3) is 0.769. The SMILES string of the molecule is CC/C=C/C/C=C/C/C=C/CCCCCCCCC(=O)OC(CCC/C=C/C=C/CCCCCCCCC)CC(=O)NC(CO)C(O)CCCCCCCCCCC. The summed E-state index contributed by atoms with van der Waals surface area (Å²) in [4.78, 5) is 26.0. The van der Waals surface area contributed by atoms with E-state index in [9.17, 15) is 19.8 Å².